The fourth-order valence-corrected chi connectivity index (χ4v) is 2.71. The SMILES string of the molecule is Cn1cc(C(=O)N2CCN(c3nc4ncccc4o3)CC2)cn1. The molecular formula is C15H16N6O2. The van der Waals surface area contributed by atoms with Crippen LogP contribution >= 0.6 is 0 Å². The highest BCUT2D eigenvalue weighted by atomic mass is 16.4. The molecule has 8 heteroatoms. The molecule has 1 aliphatic heterocycles. The van der Waals surface area contributed by atoms with E-state index in [1.54, 1.807) is 30.3 Å². The van der Waals surface area contributed by atoms with Gasteiger partial charge < -0.3 is 14.2 Å². The van der Waals surface area contributed by atoms with Gasteiger partial charge in [0.25, 0.3) is 11.9 Å². The van der Waals surface area contributed by atoms with Crippen LogP contribution in [0.25, 0.3) is 11.2 Å². The van der Waals surface area contributed by atoms with Crippen molar-refractivity contribution in [3.8, 4) is 0 Å². The van der Waals surface area contributed by atoms with Gasteiger partial charge in [-0.1, -0.05) is 0 Å². The number of amides is 1. The number of carbonyl (C=O) groups is 1. The van der Waals surface area contributed by atoms with Crippen LogP contribution in [0.2, 0.25) is 0 Å². The molecule has 1 saturated heterocycles. The van der Waals surface area contributed by atoms with Gasteiger partial charge in [0.05, 0.1) is 11.8 Å². The molecular weight excluding hydrogens is 296 g/mol. The van der Waals surface area contributed by atoms with Crippen molar-refractivity contribution >= 4 is 23.2 Å². The number of fused-ring (bicyclic) bond motifs is 1. The van der Waals surface area contributed by atoms with Gasteiger partial charge in [-0.25, -0.2) is 4.98 Å². The summed E-state index contributed by atoms with van der Waals surface area (Å²) in [7, 11) is 1.80. The Labute approximate surface area is 132 Å². The highest BCUT2D eigenvalue weighted by Gasteiger charge is 2.25. The van der Waals surface area contributed by atoms with Crippen molar-refractivity contribution in [2.45, 2.75) is 0 Å². The first-order chi connectivity index (χ1) is 11.2. The van der Waals surface area contributed by atoms with Crippen molar-refractivity contribution in [2.24, 2.45) is 7.05 Å². The van der Waals surface area contributed by atoms with E-state index in [4.69, 9.17) is 4.42 Å². The van der Waals surface area contributed by atoms with Crippen LogP contribution in [0.1, 0.15) is 10.4 Å². The molecule has 1 fully saturated rings. The molecule has 3 aromatic heterocycles. The average Bonchev–Trinajstić information content (AvgIpc) is 3.20. The molecule has 3 aromatic rings. The van der Waals surface area contributed by atoms with Crippen LogP contribution in [0, 0.1) is 0 Å². The number of nitrogens with zero attached hydrogens (tertiary/aromatic N) is 6. The maximum atomic E-state index is 12.4. The van der Waals surface area contributed by atoms with Crippen LogP contribution in [0.5, 0.6) is 0 Å². The van der Waals surface area contributed by atoms with E-state index >= 15 is 0 Å². The van der Waals surface area contributed by atoms with E-state index < -0.39 is 0 Å². The Morgan fingerprint density at radius 1 is 1.26 bits per heavy atom. The molecule has 1 amide bonds. The van der Waals surface area contributed by atoms with Crippen molar-refractivity contribution < 1.29 is 9.21 Å². The Balaban J connectivity index is 1.45. The maximum Gasteiger partial charge on any atom is 0.300 e. The number of pyridine rings is 1. The third-order valence-electron chi connectivity index (χ3n) is 3.94. The van der Waals surface area contributed by atoms with E-state index in [2.05, 4.69) is 15.1 Å². The molecule has 0 saturated carbocycles. The fraction of sp³-hybridized carbons (Fsp3) is 0.333. The van der Waals surface area contributed by atoms with E-state index in [1.165, 1.54) is 0 Å². The predicted octanol–water partition coefficient (Wildman–Crippen LogP) is 0.919. The highest BCUT2D eigenvalue weighted by Crippen LogP contribution is 2.21. The van der Waals surface area contributed by atoms with E-state index in [1.807, 2.05) is 21.9 Å². The van der Waals surface area contributed by atoms with Gasteiger partial charge in [0, 0.05) is 45.6 Å². The summed E-state index contributed by atoms with van der Waals surface area (Å²) in [6, 6.07) is 4.23. The molecule has 0 radical (unpaired) electrons. The third kappa shape index (κ3) is 2.52. The fourth-order valence-electron chi connectivity index (χ4n) is 2.71. The monoisotopic (exact) mass is 312 g/mol. The van der Waals surface area contributed by atoms with Crippen molar-refractivity contribution in [2.75, 3.05) is 31.1 Å². The minimum Gasteiger partial charge on any atom is -0.422 e. The lowest BCUT2D eigenvalue weighted by atomic mass is 10.2. The Bertz CT molecular complexity index is 813. The topological polar surface area (TPSA) is 80.3 Å². The number of aromatic nitrogens is 4. The zero-order valence-electron chi connectivity index (χ0n) is 12.7. The van der Waals surface area contributed by atoms with E-state index in [0.717, 1.165) is 0 Å². The summed E-state index contributed by atoms with van der Waals surface area (Å²) in [4.78, 5) is 24.8. The highest BCUT2D eigenvalue weighted by molar-refractivity contribution is 5.93. The number of anilines is 1. The largest absolute Gasteiger partial charge is 0.422 e. The Hall–Kier alpha value is -2.90. The first-order valence-electron chi connectivity index (χ1n) is 7.45. The molecule has 0 aromatic carbocycles. The lowest BCUT2D eigenvalue weighted by Gasteiger charge is -2.33. The number of hydrogen-bond donors (Lipinski definition) is 0. The summed E-state index contributed by atoms with van der Waals surface area (Å²) in [6.07, 6.45) is 5.03. The summed E-state index contributed by atoms with van der Waals surface area (Å²) in [5.74, 6) is 0.0111. The molecule has 23 heavy (non-hydrogen) atoms. The van der Waals surface area contributed by atoms with Crippen molar-refractivity contribution in [3.63, 3.8) is 0 Å². The van der Waals surface area contributed by atoms with Crippen molar-refractivity contribution in [1.82, 2.24) is 24.6 Å². The molecule has 0 unspecified atom stereocenters. The number of piperazine rings is 1. The van der Waals surface area contributed by atoms with Gasteiger partial charge >= 0.3 is 0 Å². The Kier molecular flexibility index (Phi) is 3.22. The molecule has 0 bridgehead atoms. The summed E-state index contributed by atoms with van der Waals surface area (Å²) < 4.78 is 7.36. The molecule has 4 rings (SSSR count). The number of carbonyl (C=O) groups excluding carboxylic acids is 1. The van der Waals surface area contributed by atoms with Crippen molar-refractivity contribution in [3.05, 3.63) is 36.3 Å². The standard InChI is InChI=1S/C15H16N6O2/c1-19-10-11(9-17-19)14(22)20-5-7-21(8-6-20)15-18-13-12(23-15)3-2-4-16-13/h2-4,9-10H,5-8H2,1H3. The number of oxazole rings is 1. The first-order valence-corrected chi connectivity index (χ1v) is 7.45. The van der Waals surface area contributed by atoms with Crippen LogP contribution < -0.4 is 4.90 Å². The van der Waals surface area contributed by atoms with Crippen LogP contribution in [0.15, 0.2) is 35.1 Å². The van der Waals surface area contributed by atoms with E-state index in [-0.39, 0.29) is 5.91 Å². The molecule has 0 N–H and O–H groups in total. The number of hydrogen-bond acceptors (Lipinski definition) is 6. The zero-order chi connectivity index (χ0) is 15.8. The van der Waals surface area contributed by atoms with Gasteiger partial charge in [0.15, 0.2) is 5.58 Å². The first kappa shape index (κ1) is 13.7. The van der Waals surface area contributed by atoms with Crippen LogP contribution in [-0.2, 0) is 7.05 Å². The Morgan fingerprint density at radius 2 is 2.09 bits per heavy atom. The van der Waals surface area contributed by atoms with E-state index in [0.29, 0.717) is 49.0 Å². The second-order valence-electron chi connectivity index (χ2n) is 5.50. The Morgan fingerprint density at radius 3 is 2.78 bits per heavy atom. The molecule has 0 spiro atoms. The lowest BCUT2D eigenvalue weighted by Crippen LogP contribution is -2.48. The molecule has 1 aliphatic rings. The number of rotatable bonds is 2. The van der Waals surface area contributed by atoms with Gasteiger partial charge in [0.2, 0.25) is 5.65 Å². The second kappa shape index (κ2) is 5.38. The molecule has 0 aliphatic carbocycles. The normalized spacial score (nSPS) is 15.3. The quantitative estimate of drug-likeness (QED) is 0.700. The summed E-state index contributed by atoms with van der Waals surface area (Å²) in [6.45, 7) is 2.61. The van der Waals surface area contributed by atoms with E-state index in [9.17, 15) is 4.79 Å². The predicted molar refractivity (Wildman–Crippen MR) is 83.1 cm³/mol. The second-order valence-corrected chi connectivity index (χ2v) is 5.50. The number of aryl methyl sites for hydroxylation is 1. The third-order valence-corrected chi connectivity index (χ3v) is 3.94. The summed E-state index contributed by atoms with van der Waals surface area (Å²) in [5, 5.41) is 4.05. The van der Waals surface area contributed by atoms with Crippen LogP contribution in [0.3, 0.4) is 0 Å². The van der Waals surface area contributed by atoms with Crippen molar-refractivity contribution in [1.29, 1.82) is 0 Å². The van der Waals surface area contributed by atoms with Gasteiger partial charge in [-0.3, -0.25) is 9.48 Å². The van der Waals surface area contributed by atoms with Gasteiger partial charge in [-0.15, -0.1) is 0 Å². The lowest BCUT2D eigenvalue weighted by molar-refractivity contribution is 0.0745. The van der Waals surface area contributed by atoms with Gasteiger partial charge in [-0.2, -0.15) is 10.1 Å². The smallest absolute Gasteiger partial charge is 0.300 e. The minimum absolute atomic E-state index is 0.0111. The molecule has 0 atom stereocenters. The average molecular weight is 312 g/mol. The van der Waals surface area contributed by atoms with Gasteiger partial charge in [-0.05, 0) is 12.1 Å². The maximum absolute atomic E-state index is 12.4. The molecule has 8 nitrogen and oxygen atoms in total. The molecule has 4 heterocycles. The zero-order valence-corrected chi connectivity index (χ0v) is 12.7. The van der Waals surface area contributed by atoms with Gasteiger partial charge in [0.1, 0.15) is 0 Å². The van der Waals surface area contributed by atoms with Crippen LogP contribution in [0.4, 0.5) is 6.01 Å². The van der Waals surface area contributed by atoms with Crippen LogP contribution in [-0.4, -0.2) is 56.7 Å². The molecule has 118 valence electrons. The minimum atomic E-state index is 0.0111. The summed E-state index contributed by atoms with van der Waals surface area (Å²) >= 11 is 0. The summed E-state index contributed by atoms with van der Waals surface area (Å²) in [5.41, 5.74) is 1.90.